The quantitative estimate of drug-likeness (QED) is 0.712. The van der Waals surface area contributed by atoms with Gasteiger partial charge in [-0.05, 0) is 51.5 Å². The summed E-state index contributed by atoms with van der Waals surface area (Å²) in [5, 5.41) is 7.58. The molecule has 6 heteroatoms. The Morgan fingerprint density at radius 1 is 1.52 bits per heavy atom. The second kappa shape index (κ2) is 5.55. The molecule has 0 saturated heterocycles. The topological polar surface area (TPSA) is 78.0 Å². The average Bonchev–Trinajstić information content (AvgIpc) is 3.23. The second-order valence-corrected chi connectivity index (χ2v) is 5.36. The Morgan fingerprint density at radius 2 is 2.33 bits per heavy atom. The molecule has 6 nitrogen and oxygen atoms in total. The van der Waals surface area contributed by atoms with Crippen LogP contribution in [0.15, 0.2) is 29.2 Å². The molecule has 1 atom stereocenters. The van der Waals surface area contributed by atoms with Crippen molar-refractivity contribution in [3.8, 4) is 0 Å². The number of hydrogen-bond donors (Lipinski definition) is 3. The number of rotatable bonds is 6. The Hall–Kier alpha value is -2.37. The highest BCUT2D eigenvalue weighted by atomic mass is 15.2. The Bertz CT molecular complexity index is 683. The standard InChI is InChI=1S/C15H20N6/c1-4-12(16-3)19-15-20-13-11(7-8-17-13)14(21-15)18-9(2)10-5-6-10/h4,7-10H,3,5-6H2,1-2H3,(H3,17,18,19,20,21)/b12-4+/t9-/m0/s1. The van der Waals surface area contributed by atoms with Crippen molar-refractivity contribution in [2.45, 2.75) is 32.7 Å². The number of H-pyrrole nitrogens is 1. The summed E-state index contributed by atoms with van der Waals surface area (Å²) in [7, 11) is 0. The first kappa shape index (κ1) is 13.6. The van der Waals surface area contributed by atoms with Gasteiger partial charge in [0.1, 0.15) is 17.3 Å². The van der Waals surface area contributed by atoms with Gasteiger partial charge in [0.25, 0.3) is 0 Å². The third kappa shape index (κ3) is 2.89. The van der Waals surface area contributed by atoms with E-state index in [1.807, 2.05) is 25.3 Å². The van der Waals surface area contributed by atoms with E-state index in [-0.39, 0.29) is 0 Å². The third-order valence-electron chi connectivity index (χ3n) is 3.79. The van der Waals surface area contributed by atoms with Crippen LogP contribution in [-0.4, -0.2) is 27.7 Å². The van der Waals surface area contributed by atoms with Crippen LogP contribution in [-0.2, 0) is 0 Å². The van der Waals surface area contributed by atoms with E-state index in [9.17, 15) is 0 Å². The molecular weight excluding hydrogens is 264 g/mol. The number of aromatic nitrogens is 3. The lowest BCUT2D eigenvalue weighted by Gasteiger charge is -2.15. The monoisotopic (exact) mass is 284 g/mol. The molecule has 3 N–H and O–H groups in total. The largest absolute Gasteiger partial charge is 0.367 e. The summed E-state index contributed by atoms with van der Waals surface area (Å²) in [4.78, 5) is 16.0. The number of nitrogens with zero attached hydrogens (tertiary/aromatic N) is 3. The summed E-state index contributed by atoms with van der Waals surface area (Å²) in [6.45, 7) is 7.61. The van der Waals surface area contributed by atoms with Crippen molar-refractivity contribution in [1.82, 2.24) is 15.0 Å². The van der Waals surface area contributed by atoms with Crippen LogP contribution in [0.4, 0.5) is 11.8 Å². The van der Waals surface area contributed by atoms with Crippen molar-refractivity contribution < 1.29 is 0 Å². The number of allylic oxidation sites excluding steroid dienone is 1. The van der Waals surface area contributed by atoms with E-state index in [1.54, 1.807) is 0 Å². The highest BCUT2D eigenvalue weighted by Crippen LogP contribution is 2.34. The molecule has 0 aromatic carbocycles. The van der Waals surface area contributed by atoms with Crippen LogP contribution < -0.4 is 10.6 Å². The molecule has 0 unspecified atom stereocenters. The lowest BCUT2D eigenvalue weighted by molar-refractivity contribution is 0.691. The molecule has 0 aliphatic heterocycles. The molecular formula is C15H20N6. The summed E-state index contributed by atoms with van der Waals surface area (Å²) < 4.78 is 0. The van der Waals surface area contributed by atoms with Gasteiger partial charge in [-0.25, -0.2) is 4.99 Å². The van der Waals surface area contributed by atoms with E-state index in [0.29, 0.717) is 17.8 Å². The molecule has 110 valence electrons. The fourth-order valence-electron chi connectivity index (χ4n) is 2.35. The lowest BCUT2D eigenvalue weighted by atomic mass is 10.2. The molecule has 2 aromatic heterocycles. The third-order valence-corrected chi connectivity index (χ3v) is 3.79. The first-order valence-corrected chi connectivity index (χ1v) is 7.23. The fraction of sp³-hybridized carbons (Fsp3) is 0.400. The van der Waals surface area contributed by atoms with Gasteiger partial charge in [-0.2, -0.15) is 9.97 Å². The second-order valence-electron chi connectivity index (χ2n) is 5.36. The molecule has 1 fully saturated rings. The van der Waals surface area contributed by atoms with Crippen molar-refractivity contribution in [3.05, 3.63) is 24.2 Å². The van der Waals surface area contributed by atoms with Gasteiger partial charge in [-0.3, -0.25) is 0 Å². The molecule has 0 bridgehead atoms. The van der Waals surface area contributed by atoms with Gasteiger partial charge in [0.05, 0.1) is 5.39 Å². The molecule has 0 radical (unpaired) electrons. The van der Waals surface area contributed by atoms with E-state index >= 15 is 0 Å². The van der Waals surface area contributed by atoms with Crippen LogP contribution in [0.1, 0.15) is 26.7 Å². The van der Waals surface area contributed by atoms with Gasteiger partial charge >= 0.3 is 0 Å². The van der Waals surface area contributed by atoms with Gasteiger partial charge in [0, 0.05) is 12.2 Å². The van der Waals surface area contributed by atoms with Crippen LogP contribution in [0.25, 0.3) is 11.0 Å². The minimum atomic E-state index is 0.421. The maximum atomic E-state index is 4.58. The molecule has 0 spiro atoms. The minimum Gasteiger partial charge on any atom is -0.367 e. The number of hydrogen-bond acceptors (Lipinski definition) is 5. The van der Waals surface area contributed by atoms with Crippen LogP contribution in [0, 0.1) is 5.92 Å². The van der Waals surface area contributed by atoms with Crippen LogP contribution in [0.5, 0.6) is 0 Å². The summed E-state index contributed by atoms with van der Waals surface area (Å²) in [5.41, 5.74) is 0.803. The van der Waals surface area contributed by atoms with Crippen molar-refractivity contribution in [2.24, 2.45) is 10.9 Å². The van der Waals surface area contributed by atoms with Crippen molar-refractivity contribution in [2.75, 3.05) is 10.6 Å². The van der Waals surface area contributed by atoms with E-state index in [2.05, 4.69) is 44.2 Å². The molecule has 2 heterocycles. The molecule has 3 rings (SSSR count). The van der Waals surface area contributed by atoms with Crippen molar-refractivity contribution in [1.29, 1.82) is 0 Å². The SMILES string of the molecule is C=N/C(=C\C)Nc1nc(N[C@@H](C)C2CC2)c2cc[nH]c2n1. The highest BCUT2D eigenvalue weighted by molar-refractivity contribution is 5.88. The Kier molecular flexibility index (Phi) is 3.60. The minimum absolute atomic E-state index is 0.421. The normalized spacial score (nSPS) is 16.8. The Morgan fingerprint density at radius 3 is 3.00 bits per heavy atom. The van der Waals surface area contributed by atoms with Crippen LogP contribution in [0.3, 0.4) is 0 Å². The smallest absolute Gasteiger partial charge is 0.232 e. The van der Waals surface area contributed by atoms with Gasteiger partial charge in [0.15, 0.2) is 0 Å². The number of aliphatic imine (C=N–C) groups is 1. The average molecular weight is 284 g/mol. The van der Waals surface area contributed by atoms with E-state index in [1.165, 1.54) is 12.8 Å². The molecule has 0 amide bonds. The van der Waals surface area contributed by atoms with E-state index in [0.717, 1.165) is 22.8 Å². The van der Waals surface area contributed by atoms with Gasteiger partial charge < -0.3 is 15.6 Å². The van der Waals surface area contributed by atoms with Gasteiger partial charge in [-0.15, -0.1) is 0 Å². The predicted octanol–water partition coefficient (Wildman–Crippen LogP) is 3.14. The highest BCUT2D eigenvalue weighted by Gasteiger charge is 2.28. The zero-order valence-corrected chi connectivity index (χ0v) is 12.3. The Balaban J connectivity index is 1.92. The van der Waals surface area contributed by atoms with Gasteiger partial charge in [-0.1, -0.05) is 0 Å². The zero-order chi connectivity index (χ0) is 14.8. The number of fused-ring (bicyclic) bond motifs is 1. The lowest BCUT2D eigenvalue weighted by Crippen LogP contribution is -2.19. The number of nitrogens with one attached hydrogen (secondary N) is 3. The predicted molar refractivity (Wildman–Crippen MR) is 86.6 cm³/mol. The summed E-state index contributed by atoms with van der Waals surface area (Å²) in [5.74, 6) is 2.76. The van der Waals surface area contributed by atoms with E-state index in [4.69, 9.17) is 0 Å². The van der Waals surface area contributed by atoms with Gasteiger partial charge in [0.2, 0.25) is 5.95 Å². The summed E-state index contributed by atoms with van der Waals surface area (Å²) in [6.07, 6.45) is 6.29. The molecule has 1 aliphatic carbocycles. The van der Waals surface area contributed by atoms with Crippen molar-refractivity contribution in [3.63, 3.8) is 0 Å². The van der Waals surface area contributed by atoms with Crippen molar-refractivity contribution >= 4 is 29.5 Å². The Labute approximate surface area is 123 Å². The van der Waals surface area contributed by atoms with E-state index < -0.39 is 0 Å². The summed E-state index contributed by atoms with van der Waals surface area (Å²) in [6, 6.07) is 2.41. The molecule has 21 heavy (non-hydrogen) atoms. The molecule has 1 aliphatic rings. The fourth-order valence-corrected chi connectivity index (χ4v) is 2.35. The maximum absolute atomic E-state index is 4.58. The molecule has 2 aromatic rings. The zero-order valence-electron chi connectivity index (χ0n) is 12.3. The maximum Gasteiger partial charge on any atom is 0.232 e. The number of aromatic amines is 1. The molecule has 1 saturated carbocycles. The number of anilines is 2. The summed E-state index contributed by atoms with van der Waals surface area (Å²) >= 11 is 0. The van der Waals surface area contributed by atoms with Crippen LogP contribution in [0.2, 0.25) is 0 Å². The van der Waals surface area contributed by atoms with Crippen LogP contribution >= 0.6 is 0 Å². The first-order chi connectivity index (χ1) is 10.2. The first-order valence-electron chi connectivity index (χ1n) is 7.23.